The van der Waals surface area contributed by atoms with Crippen molar-refractivity contribution in [1.29, 1.82) is 0 Å². The summed E-state index contributed by atoms with van der Waals surface area (Å²) in [4.78, 5) is 23.0. The van der Waals surface area contributed by atoms with Gasteiger partial charge >= 0.3 is 12.3 Å². The Labute approximate surface area is 192 Å². The molecule has 2 aromatic heterocycles. The minimum atomic E-state index is -4.45. The topological polar surface area (TPSA) is 64.6 Å². The second kappa shape index (κ2) is 10.1. The molecule has 0 unspecified atom stereocenters. The number of piperidine rings is 1. The summed E-state index contributed by atoms with van der Waals surface area (Å²) in [6, 6.07) is 12.2. The lowest BCUT2D eigenvalue weighted by Gasteiger charge is -2.30. The number of carbonyl (C=O) groups is 1. The van der Waals surface area contributed by atoms with E-state index in [9.17, 15) is 18.0 Å². The smallest absolute Gasteiger partial charge is 0.417 e. The minimum absolute atomic E-state index is 0.0280. The number of hydrogen-bond acceptors (Lipinski definition) is 6. The third-order valence-electron chi connectivity index (χ3n) is 4.97. The molecule has 1 aliphatic heterocycles. The molecule has 3 heterocycles. The Bertz CT molecular complexity index is 1060. The Kier molecular flexibility index (Phi) is 7.02. The highest BCUT2D eigenvalue weighted by molar-refractivity contribution is 8.00. The second-order valence-corrected chi connectivity index (χ2v) is 8.69. The average molecular weight is 475 g/mol. The van der Waals surface area contributed by atoms with Gasteiger partial charge in [0, 0.05) is 47.9 Å². The maximum absolute atomic E-state index is 12.6. The summed E-state index contributed by atoms with van der Waals surface area (Å²) in [6.45, 7) is 1.23. The molecule has 33 heavy (non-hydrogen) atoms. The molecule has 0 spiro atoms. The van der Waals surface area contributed by atoms with E-state index in [1.54, 1.807) is 53.3 Å². The van der Waals surface area contributed by atoms with Crippen molar-refractivity contribution in [3.8, 4) is 17.4 Å². The van der Waals surface area contributed by atoms with Crippen LogP contribution in [0.25, 0.3) is 0 Å². The number of hydrogen-bond donors (Lipinski definition) is 0. The van der Waals surface area contributed by atoms with Gasteiger partial charge in [-0.3, -0.25) is 4.98 Å². The van der Waals surface area contributed by atoms with E-state index < -0.39 is 17.8 Å². The van der Waals surface area contributed by atoms with Gasteiger partial charge in [-0.1, -0.05) is 0 Å². The van der Waals surface area contributed by atoms with E-state index in [-0.39, 0.29) is 5.88 Å². The zero-order valence-corrected chi connectivity index (χ0v) is 18.2. The fourth-order valence-electron chi connectivity index (χ4n) is 3.24. The minimum Gasteiger partial charge on any atom is -0.439 e. The maximum Gasteiger partial charge on any atom is 0.417 e. The van der Waals surface area contributed by atoms with Crippen molar-refractivity contribution >= 4 is 17.9 Å². The van der Waals surface area contributed by atoms with Crippen molar-refractivity contribution in [1.82, 2.24) is 14.9 Å². The van der Waals surface area contributed by atoms with Crippen LogP contribution in [0.5, 0.6) is 17.4 Å². The van der Waals surface area contributed by atoms with Crippen LogP contribution in [0.4, 0.5) is 18.0 Å². The van der Waals surface area contributed by atoms with Crippen LogP contribution >= 0.6 is 11.8 Å². The number of rotatable bonds is 5. The number of halogens is 3. The molecule has 10 heteroatoms. The highest BCUT2D eigenvalue weighted by atomic mass is 32.2. The van der Waals surface area contributed by atoms with E-state index >= 15 is 0 Å². The number of carbonyl (C=O) groups excluding carboxylic acids is 1. The van der Waals surface area contributed by atoms with Crippen LogP contribution in [0.15, 0.2) is 72.0 Å². The van der Waals surface area contributed by atoms with Gasteiger partial charge in [-0.05, 0) is 55.3 Å². The molecular weight excluding hydrogens is 455 g/mol. The summed E-state index contributed by atoms with van der Waals surface area (Å²) in [5.74, 6) is 0.734. The molecule has 0 aliphatic carbocycles. The zero-order chi connectivity index (χ0) is 23.3. The molecule has 1 aromatic carbocycles. The van der Waals surface area contributed by atoms with Gasteiger partial charge in [0.05, 0.1) is 5.56 Å². The standard InChI is InChI=1S/C23H20F3N3O3S/c24-23(25,26)16-1-6-21(28-15-16)31-17-2-4-18(5-3-17)32-22(30)29-13-9-20(10-14-29)33-19-7-11-27-12-8-19/h1-8,11-12,15,20H,9-10,13-14H2. The largest absolute Gasteiger partial charge is 0.439 e. The van der Waals surface area contributed by atoms with Crippen molar-refractivity contribution in [2.45, 2.75) is 29.2 Å². The van der Waals surface area contributed by atoms with Gasteiger partial charge in [-0.25, -0.2) is 9.78 Å². The number of aromatic nitrogens is 2. The summed E-state index contributed by atoms with van der Waals surface area (Å²) in [5, 5.41) is 0.437. The Morgan fingerprint density at radius 1 is 0.970 bits per heavy atom. The molecule has 0 saturated carbocycles. The van der Waals surface area contributed by atoms with Crippen LogP contribution in [-0.4, -0.2) is 39.3 Å². The third-order valence-corrected chi connectivity index (χ3v) is 6.32. The number of pyridine rings is 2. The Balaban J connectivity index is 1.25. The van der Waals surface area contributed by atoms with Crippen molar-refractivity contribution in [2.75, 3.05) is 13.1 Å². The maximum atomic E-state index is 12.6. The summed E-state index contributed by atoms with van der Waals surface area (Å²) in [6.07, 6.45) is 1.12. The molecule has 0 bridgehead atoms. The molecule has 1 fully saturated rings. The van der Waals surface area contributed by atoms with Gasteiger partial charge in [-0.15, -0.1) is 11.8 Å². The van der Waals surface area contributed by atoms with E-state index in [0.717, 1.165) is 25.0 Å². The van der Waals surface area contributed by atoms with Gasteiger partial charge in [0.15, 0.2) is 0 Å². The Morgan fingerprint density at radius 3 is 2.24 bits per heavy atom. The van der Waals surface area contributed by atoms with E-state index in [0.29, 0.717) is 36.0 Å². The van der Waals surface area contributed by atoms with E-state index in [2.05, 4.69) is 9.97 Å². The first kappa shape index (κ1) is 22.9. The van der Waals surface area contributed by atoms with Crippen LogP contribution < -0.4 is 9.47 Å². The summed E-state index contributed by atoms with van der Waals surface area (Å²) in [7, 11) is 0. The molecule has 172 valence electrons. The quantitative estimate of drug-likeness (QED) is 0.448. The molecule has 0 atom stereocenters. The van der Waals surface area contributed by atoms with Crippen molar-refractivity contribution in [2.24, 2.45) is 0 Å². The lowest BCUT2D eigenvalue weighted by atomic mass is 10.1. The number of amides is 1. The molecule has 0 radical (unpaired) electrons. The Morgan fingerprint density at radius 2 is 1.64 bits per heavy atom. The number of likely N-dealkylation sites (tertiary alicyclic amines) is 1. The summed E-state index contributed by atoms with van der Waals surface area (Å²) < 4.78 is 48.7. The first-order valence-electron chi connectivity index (χ1n) is 10.2. The Hall–Kier alpha value is -3.27. The molecule has 1 aliphatic rings. The molecule has 3 aromatic rings. The predicted octanol–water partition coefficient (Wildman–Crippen LogP) is 6.04. The number of ether oxygens (including phenoxy) is 2. The number of benzene rings is 1. The lowest BCUT2D eigenvalue weighted by Crippen LogP contribution is -2.40. The third kappa shape index (κ3) is 6.38. The predicted molar refractivity (Wildman–Crippen MR) is 116 cm³/mol. The van der Waals surface area contributed by atoms with Crippen molar-refractivity contribution in [3.63, 3.8) is 0 Å². The van der Waals surface area contributed by atoms with Gasteiger partial charge < -0.3 is 14.4 Å². The van der Waals surface area contributed by atoms with Crippen molar-refractivity contribution < 1.29 is 27.4 Å². The SMILES string of the molecule is O=C(Oc1ccc(Oc2ccc(C(F)(F)F)cn2)cc1)N1CCC(Sc2ccncc2)CC1. The normalized spacial score (nSPS) is 14.7. The van der Waals surface area contributed by atoms with Crippen molar-refractivity contribution in [3.05, 3.63) is 72.7 Å². The fourth-order valence-corrected chi connectivity index (χ4v) is 4.35. The average Bonchev–Trinajstić information content (AvgIpc) is 2.81. The van der Waals surface area contributed by atoms with Crippen LogP contribution in [0.2, 0.25) is 0 Å². The van der Waals surface area contributed by atoms with Crippen LogP contribution in [0, 0.1) is 0 Å². The summed E-state index contributed by atoms with van der Waals surface area (Å²) in [5.41, 5.74) is -0.850. The molecule has 4 rings (SSSR count). The number of alkyl halides is 3. The molecular formula is C23H20F3N3O3S. The first-order valence-corrected chi connectivity index (χ1v) is 11.1. The summed E-state index contributed by atoms with van der Waals surface area (Å²) >= 11 is 1.79. The van der Waals surface area contributed by atoms with E-state index in [1.165, 1.54) is 4.90 Å². The first-order chi connectivity index (χ1) is 15.9. The molecule has 1 saturated heterocycles. The zero-order valence-electron chi connectivity index (χ0n) is 17.4. The highest BCUT2D eigenvalue weighted by Crippen LogP contribution is 2.31. The van der Waals surface area contributed by atoms with Crippen LogP contribution in [-0.2, 0) is 6.18 Å². The van der Waals surface area contributed by atoms with Gasteiger partial charge in [0.25, 0.3) is 0 Å². The van der Waals surface area contributed by atoms with E-state index in [1.807, 2.05) is 12.1 Å². The highest BCUT2D eigenvalue weighted by Gasteiger charge is 2.30. The van der Waals surface area contributed by atoms with Gasteiger partial charge in [0.2, 0.25) is 5.88 Å². The van der Waals surface area contributed by atoms with Gasteiger partial charge in [0.1, 0.15) is 11.5 Å². The molecule has 1 amide bonds. The molecule has 0 N–H and O–H groups in total. The fraction of sp³-hybridized carbons (Fsp3) is 0.261. The lowest BCUT2D eigenvalue weighted by molar-refractivity contribution is -0.137. The van der Waals surface area contributed by atoms with E-state index in [4.69, 9.17) is 9.47 Å². The monoisotopic (exact) mass is 475 g/mol. The van der Waals surface area contributed by atoms with Gasteiger partial charge in [-0.2, -0.15) is 13.2 Å². The number of nitrogens with zero attached hydrogens (tertiary/aromatic N) is 3. The second-order valence-electron chi connectivity index (χ2n) is 7.31. The van der Waals surface area contributed by atoms with Crippen LogP contribution in [0.1, 0.15) is 18.4 Å². The van der Waals surface area contributed by atoms with Crippen LogP contribution in [0.3, 0.4) is 0 Å². The molecule has 6 nitrogen and oxygen atoms in total. The number of thioether (sulfide) groups is 1.